The van der Waals surface area contributed by atoms with Gasteiger partial charge in [-0.05, 0) is 40.7 Å². The van der Waals surface area contributed by atoms with Crippen molar-refractivity contribution in [3.8, 4) is 22.5 Å². The Labute approximate surface area is 292 Å². The lowest BCUT2D eigenvalue weighted by Crippen LogP contribution is -2.47. The van der Waals surface area contributed by atoms with Gasteiger partial charge >= 0.3 is 12.5 Å². The maximum absolute atomic E-state index is 14.9. The number of aliphatic hydroxyl groups excluding tert-OH is 2. The van der Waals surface area contributed by atoms with Gasteiger partial charge in [0.05, 0.1) is 36.9 Å². The third-order valence-corrected chi connectivity index (χ3v) is 8.83. The summed E-state index contributed by atoms with van der Waals surface area (Å²) in [5.74, 6) is -0.936. The van der Waals surface area contributed by atoms with E-state index in [1.54, 1.807) is 49.4 Å². The fourth-order valence-corrected chi connectivity index (χ4v) is 6.13. The Balaban J connectivity index is 1.55. The second-order valence-corrected chi connectivity index (χ2v) is 14.3. The van der Waals surface area contributed by atoms with Crippen LogP contribution in [0, 0.1) is 10.8 Å². The topological polar surface area (TPSA) is 185 Å². The molecule has 0 saturated carbocycles. The number of rotatable bonds is 13. The van der Waals surface area contributed by atoms with Crippen LogP contribution < -0.4 is 5.73 Å². The van der Waals surface area contributed by atoms with Crippen molar-refractivity contribution in [1.82, 2.24) is 29.9 Å². The quantitative estimate of drug-likeness (QED) is 0.141. The van der Waals surface area contributed by atoms with Gasteiger partial charge in [0.2, 0.25) is 0 Å². The number of benzene rings is 2. The lowest BCUT2D eigenvalue weighted by atomic mass is 9.75. The number of esters is 1. The van der Waals surface area contributed by atoms with Crippen molar-refractivity contribution >= 4 is 29.4 Å². The number of aliphatic hydroxyl groups is 2. The number of carbonyl (C=O) groups excluding carboxylic acids is 2. The summed E-state index contributed by atoms with van der Waals surface area (Å²) in [6, 6.07) is 10.8. The number of carbonyl (C=O) groups is 2. The molecular weight excluding hydrogens is 674 g/mol. The number of guanidine groups is 1. The van der Waals surface area contributed by atoms with Crippen molar-refractivity contribution in [2.45, 2.75) is 58.7 Å². The summed E-state index contributed by atoms with van der Waals surface area (Å²) in [4.78, 5) is 38.2. The van der Waals surface area contributed by atoms with Crippen LogP contribution in [-0.2, 0) is 19.9 Å². The fourth-order valence-electron chi connectivity index (χ4n) is 5.93. The molecule has 2 aromatic carbocycles. The van der Waals surface area contributed by atoms with Crippen LogP contribution >= 0.6 is 11.6 Å². The second-order valence-electron chi connectivity index (χ2n) is 13.9. The van der Waals surface area contributed by atoms with Crippen molar-refractivity contribution in [3.05, 3.63) is 77.3 Å². The van der Waals surface area contributed by atoms with Gasteiger partial charge in [0.25, 0.3) is 5.91 Å². The number of aromatic amines is 1. The summed E-state index contributed by atoms with van der Waals surface area (Å²) < 4.78 is 32.6. The second kappa shape index (κ2) is 14.2. The van der Waals surface area contributed by atoms with E-state index in [4.69, 9.17) is 27.1 Å². The van der Waals surface area contributed by atoms with Gasteiger partial charge in [-0.1, -0.05) is 69.6 Å². The summed E-state index contributed by atoms with van der Waals surface area (Å²) in [7, 11) is 0. The van der Waals surface area contributed by atoms with Gasteiger partial charge in [-0.2, -0.15) is 19.0 Å². The molecule has 4 aromatic rings. The number of aliphatic imine (C=N–C) groups is 1. The van der Waals surface area contributed by atoms with Crippen molar-refractivity contribution in [1.29, 1.82) is 0 Å². The lowest BCUT2D eigenvalue weighted by Gasteiger charge is -2.35. The number of amides is 1. The number of halogens is 3. The standard InChI is InChI=1S/C34H39ClF2N8O5/c1-32(2,3)16-34(23-8-5-20(6-9-23)22-13-41-44(14-22)30(36)37)29(49)45(31(38)42-34)26(15-50-27(48)12-33(4,17-46)18-47)21-7-10-25(35)24(11-21)28-39-19-40-43-28/h5-11,13-14,19,26,30,46-47H,12,15-18H2,1-4H3,(H2,38,42)(H,39,40,43)/t26-,34-/m1/s1. The van der Waals surface area contributed by atoms with Gasteiger partial charge in [0.15, 0.2) is 17.3 Å². The first-order valence-corrected chi connectivity index (χ1v) is 16.1. The van der Waals surface area contributed by atoms with Gasteiger partial charge in [0, 0.05) is 22.7 Å². The Bertz CT molecular complexity index is 1860. The Kier molecular flexibility index (Phi) is 10.4. The smallest absolute Gasteiger partial charge is 0.333 e. The van der Waals surface area contributed by atoms with Crippen LogP contribution in [0.5, 0.6) is 0 Å². The zero-order valence-corrected chi connectivity index (χ0v) is 28.7. The van der Waals surface area contributed by atoms with Crippen LogP contribution in [0.3, 0.4) is 0 Å². The molecule has 0 fully saturated rings. The average molecular weight is 713 g/mol. The third kappa shape index (κ3) is 7.54. The molecule has 0 radical (unpaired) electrons. The van der Waals surface area contributed by atoms with Gasteiger partial charge in [-0.3, -0.25) is 19.6 Å². The van der Waals surface area contributed by atoms with Crippen LogP contribution in [0.2, 0.25) is 5.02 Å². The maximum atomic E-state index is 14.9. The van der Waals surface area contributed by atoms with Crippen LogP contribution in [-0.4, -0.2) is 77.7 Å². The number of ether oxygens (including phenoxy) is 1. The van der Waals surface area contributed by atoms with E-state index in [9.17, 15) is 28.6 Å². The van der Waals surface area contributed by atoms with Gasteiger partial charge in [0.1, 0.15) is 12.9 Å². The zero-order valence-electron chi connectivity index (χ0n) is 28.0. The first kappa shape index (κ1) is 36.5. The molecule has 0 aliphatic carbocycles. The van der Waals surface area contributed by atoms with E-state index in [0.29, 0.717) is 43.3 Å². The van der Waals surface area contributed by atoms with E-state index in [1.165, 1.54) is 23.6 Å². The van der Waals surface area contributed by atoms with Crippen molar-refractivity contribution in [2.24, 2.45) is 21.6 Å². The first-order chi connectivity index (χ1) is 23.6. The summed E-state index contributed by atoms with van der Waals surface area (Å²) >= 11 is 6.52. The van der Waals surface area contributed by atoms with Crippen LogP contribution in [0.15, 0.2) is 66.2 Å². The van der Waals surface area contributed by atoms with Crippen LogP contribution in [0.25, 0.3) is 22.5 Å². The minimum Gasteiger partial charge on any atom is -0.463 e. The fraction of sp³-hybridized carbons (Fsp3) is 0.412. The highest BCUT2D eigenvalue weighted by molar-refractivity contribution is 6.33. The molecule has 13 nitrogen and oxygen atoms in total. The molecule has 1 amide bonds. The molecule has 0 bridgehead atoms. The summed E-state index contributed by atoms with van der Waals surface area (Å²) in [6.07, 6.45) is 3.84. The van der Waals surface area contributed by atoms with Gasteiger partial charge in [-0.25, -0.2) is 14.7 Å². The number of hydrogen-bond donors (Lipinski definition) is 4. The van der Waals surface area contributed by atoms with Crippen molar-refractivity contribution < 1.29 is 33.3 Å². The number of hydrogen-bond acceptors (Lipinski definition) is 10. The molecular formula is C34H39ClF2N8O5. The summed E-state index contributed by atoms with van der Waals surface area (Å²) in [5.41, 5.74) is 6.11. The molecule has 16 heteroatoms. The average Bonchev–Trinajstić information content (AvgIpc) is 3.83. The number of aromatic nitrogens is 5. The first-order valence-electron chi connectivity index (χ1n) is 15.7. The normalized spacial score (nSPS) is 17.4. The SMILES string of the molecule is CC(C)(C)C[C@]1(c2ccc(-c3cnn(C(F)F)c3)cc2)N=C(N)N([C@H](COC(=O)CC(C)(CO)CO)c2ccc(Cl)c(-c3ncn[nH]3)c2)C1=O. The molecule has 1 aliphatic heterocycles. The van der Waals surface area contributed by atoms with Crippen LogP contribution in [0.1, 0.15) is 64.3 Å². The molecule has 0 saturated heterocycles. The molecule has 2 atom stereocenters. The van der Waals surface area contributed by atoms with Gasteiger partial charge in [-0.15, -0.1) is 0 Å². The minimum atomic E-state index is -2.79. The van der Waals surface area contributed by atoms with Crippen molar-refractivity contribution in [3.63, 3.8) is 0 Å². The summed E-state index contributed by atoms with van der Waals surface area (Å²) in [5, 5.41) is 30.2. The molecule has 3 heterocycles. The van der Waals surface area contributed by atoms with Gasteiger partial charge < -0.3 is 20.7 Å². The van der Waals surface area contributed by atoms with Crippen LogP contribution in [0.4, 0.5) is 8.78 Å². The van der Waals surface area contributed by atoms with E-state index >= 15 is 0 Å². The monoisotopic (exact) mass is 712 g/mol. The highest BCUT2D eigenvalue weighted by Crippen LogP contribution is 2.45. The largest absolute Gasteiger partial charge is 0.463 e. The zero-order chi connectivity index (χ0) is 36.4. The Hall–Kier alpha value is -4.73. The molecule has 266 valence electrons. The van der Waals surface area contributed by atoms with E-state index in [1.807, 2.05) is 20.8 Å². The molecule has 0 unspecified atom stereocenters. The van der Waals surface area contributed by atoms with E-state index in [2.05, 4.69) is 20.3 Å². The molecule has 0 spiro atoms. The van der Waals surface area contributed by atoms with Crippen molar-refractivity contribution in [2.75, 3.05) is 19.8 Å². The molecule has 2 aromatic heterocycles. The molecule has 5 rings (SSSR count). The molecule has 1 aliphatic rings. The molecule has 5 N–H and O–H groups in total. The number of H-pyrrole nitrogens is 1. The predicted octanol–water partition coefficient (Wildman–Crippen LogP) is 4.84. The number of nitrogens with one attached hydrogen (secondary N) is 1. The highest BCUT2D eigenvalue weighted by Gasteiger charge is 2.53. The Morgan fingerprint density at radius 3 is 2.38 bits per heavy atom. The Morgan fingerprint density at radius 2 is 1.80 bits per heavy atom. The third-order valence-electron chi connectivity index (χ3n) is 8.50. The number of nitrogens with zero attached hydrogens (tertiary/aromatic N) is 6. The van der Waals surface area contributed by atoms with E-state index < -0.39 is 54.1 Å². The number of nitrogens with two attached hydrogens (primary N) is 1. The maximum Gasteiger partial charge on any atom is 0.333 e. The Morgan fingerprint density at radius 1 is 1.10 bits per heavy atom. The van der Waals surface area contributed by atoms with E-state index in [-0.39, 0.29) is 25.4 Å². The summed E-state index contributed by atoms with van der Waals surface area (Å²) in [6.45, 7) is 3.38. The van der Waals surface area contributed by atoms with E-state index in [0.717, 1.165) is 0 Å². The highest BCUT2D eigenvalue weighted by atomic mass is 35.5. The predicted molar refractivity (Wildman–Crippen MR) is 181 cm³/mol. The molecule has 50 heavy (non-hydrogen) atoms. The minimum absolute atomic E-state index is 0.116. The number of alkyl halides is 2. The lowest BCUT2D eigenvalue weighted by molar-refractivity contribution is -0.151.